The van der Waals surface area contributed by atoms with E-state index in [2.05, 4.69) is 20.6 Å². The van der Waals surface area contributed by atoms with Crippen molar-refractivity contribution in [1.29, 1.82) is 0 Å². The van der Waals surface area contributed by atoms with Crippen LogP contribution in [-0.2, 0) is 0 Å². The Labute approximate surface area is 226 Å². The first-order chi connectivity index (χ1) is 18.5. The maximum Gasteiger partial charge on any atom is 0.257 e. The minimum atomic E-state index is -0.431. The summed E-state index contributed by atoms with van der Waals surface area (Å²) in [4.78, 5) is 21.1. The number of thiocarbonyl (C=S) groups is 1. The van der Waals surface area contributed by atoms with Crippen LogP contribution in [0.2, 0.25) is 0 Å². The van der Waals surface area contributed by atoms with Crippen molar-refractivity contribution in [2.75, 3.05) is 32.2 Å². The fourth-order valence-electron chi connectivity index (χ4n) is 3.89. The van der Waals surface area contributed by atoms with Crippen LogP contribution in [0, 0.1) is 0 Å². The molecule has 1 aromatic heterocycles. The quantitative estimate of drug-likeness (QED) is 0.227. The second-order valence-electron chi connectivity index (χ2n) is 8.03. The molecule has 0 fully saturated rings. The third-order valence-corrected chi connectivity index (χ3v) is 5.71. The number of hydrogen-bond acceptors (Lipinski definition) is 7. The molecule has 0 unspecified atom stereocenters. The zero-order valence-electron chi connectivity index (χ0n) is 21.7. The van der Waals surface area contributed by atoms with Gasteiger partial charge >= 0.3 is 0 Å². The molecule has 0 saturated heterocycles. The summed E-state index contributed by atoms with van der Waals surface area (Å²) in [6.45, 7) is 6.81. The molecule has 0 atom stereocenters. The summed E-state index contributed by atoms with van der Waals surface area (Å²) in [6, 6.07) is 16.6. The number of H-pyrrole nitrogens is 1. The summed E-state index contributed by atoms with van der Waals surface area (Å²) >= 11 is 5.46. The van der Waals surface area contributed by atoms with Crippen molar-refractivity contribution in [3.05, 3.63) is 60.2 Å². The van der Waals surface area contributed by atoms with E-state index in [1.54, 1.807) is 19.2 Å². The Kier molecular flexibility index (Phi) is 8.65. The van der Waals surface area contributed by atoms with Gasteiger partial charge in [-0.3, -0.25) is 10.1 Å². The van der Waals surface area contributed by atoms with E-state index in [-0.39, 0.29) is 5.11 Å². The number of nitrogens with one attached hydrogen (secondary N) is 3. The molecule has 0 aliphatic rings. The minimum Gasteiger partial charge on any atom is -0.495 e. The first-order valence-electron chi connectivity index (χ1n) is 12.3. The van der Waals surface area contributed by atoms with E-state index in [0.717, 1.165) is 16.6 Å². The SMILES string of the molecule is CCOc1cc(C(=O)NC(=S)Nc2cc(-c3nc4ccccc4[nH]3)ccc2OC)cc(OCC)c1OCC. The van der Waals surface area contributed by atoms with Crippen LogP contribution in [-0.4, -0.2) is 47.9 Å². The average Bonchev–Trinajstić information content (AvgIpc) is 3.35. The van der Waals surface area contributed by atoms with E-state index in [1.165, 1.54) is 0 Å². The number of fused-ring (bicyclic) bond motifs is 1. The molecule has 9 nitrogen and oxygen atoms in total. The summed E-state index contributed by atoms with van der Waals surface area (Å²) in [5.41, 5.74) is 3.51. The van der Waals surface area contributed by atoms with Crippen molar-refractivity contribution < 1.29 is 23.7 Å². The number of aromatic nitrogens is 2. The Morgan fingerprint density at radius 2 is 1.61 bits per heavy atom. The van der Waals surface area contributed by atoms with Gasteiger partial charge < -0.3 is 29.2 Å². The zero-order valence-corrected chi connectivity index (χ0v) is 22.5. The van der Waals surface area contributed by atoms with Crippen LogP contribution in [0.4, 0.5) is 5.69 Å². The molecular weight excluding hydrogens is 504 g/mol. The van der Waals surface area contributed by atoms with Crippen molar-refractivity contribution in [2.45, 2.75) is 20.8 Å². The molecule has 0 aliphatic carbocycles. The van der Waals surface area contributed by atoms with Gasteiger partial charge in [-0.25, -0.2) is 4.98 Å². The fraction of sp³-hybridized carbons (Fsp3) is 0.250. The monoisotopic (exact) mass is 534 g/mol. The van der Waals surface area contributed by atoms with Crippen molar-refractivity contribution in [3.8, 4) is 34.4 Å². The molecule has 1 heterocycles. The van der Waals surface area contributed by atoms with Crippen LogP contribution in [0.5, 0.6) is 23.0 Å². The number of amides is 1. The molecule has 4 rings (SSSR count). The third-order valence-electron chi connectivity index (χ3n) is 5.51. The summed E-state index contributed by atoms with van der Waals surface area (Å²) < 4.78 is 22.6. The molecule has 1 amide bonds. The molecule has 3 aromatic carbocycles. The lowest BCUT2D eigenvalue weighted by molar-refractivity contribution is 0.0976. The van der Waals surface area contributed by atoms with E-state index in [4.69, 9.17) is 31.2 Å². The number of ether oxygens (including phenoxy) is 4. The zero-order chi connectivity index (χ0) is 27.1. The topological polar surface area (TPSA) is 107 Å². The lowest BCUT2D eigenvalue weighted by atomic mass is 10.1. The first kappa shape index (κ1) is 26.7. The molecule has 0 saturated carbocycles. The van der Waals surface area contributed by atoms with Crippen molar-refractivity contribution in [3.63, 3.8) is 0 Å². The molecule has 198 valence electrons. The number of carbonyl (C=O) groups is 1. The van der Waals surface area contributed by atoms with Crippen LogP contribution < -0.4 is 29.6 Å². The number of rotatable bonds is 10. The van der Waals surface area contributed by atoms with Crippen molar-refractivity contribution in [2.24, 2.45) is 0 Å². The molecule has 0 spiro atoms. The van der Waals surface area contributed by atoms with Crippen LogP contribution in [0.1, 0.15) is 31.1 Å². The summed E-state index contributed by atoms with van der Waals surface area (Å²) in [7, 11) is 1.56. The standard InChI is InChI=1S/C28H30N4O5S/c1-5-35-23-15-18(16-24(36-6-2)25(23)37-7-3)27(33)32-28(38)31-21-14-17(12-13-22(21)34-4)26-29-19-10-8-9-11-20(19)30-26/h8-16H,5-7H2,1-4H3,(H,29,30)(H2,31,32,33,38). The fourth-order valence-corrected chi connectivity index (χ4v) is 4.09. The van der Waals surface area contributed by atoms with Crippen LogP contribution in [0.3, 0.4) is 0 Å². The normalized spacial score (nSPS) is 10.6. The van der Waals surface area contributed by atoms with Crippen molar-refractivity contribution >= 4 is 40.0 Å². The lowest BCUT2D eigenvalue weighted by Crippen LogP contribution is -2.34. The Hall–Kier alpha value is -4.31. The smallest absolute Gasteiger partial charge is 0.257 e. The number of methoxy groups -OCH3 is 1. The number of nitrogens with zero attached hydrogens (tertiary/aromatic N) is 1. The first-order valence-corrected chi connectivity index (χ1v) is 12.7. The van der Waals surface area contributed by atoms with E-state index in [0.29, 0.717) is 59.9 Å². The molecular formula is C28H30N4O5S. The Morgan fingerprint density at radius 1 is 0.921 bits per heavy atom. The van der Waals surface area contributed by atoms with Crippen LogP contribution in [0.15, 0.2) is 54.6 Å². The molecule has 38 heavy (non-hydrogen) atoms. The van der Waals surface area contributed by atoms with Gasteiger partial charge in [0, 0.05) is 11.1 Å². The second kappa shape index (κ2) is 12.3. The van der Waals surface area contributed by atoms with Gasteiger partial charge in [-0.1, -0.05) is 12.1 Å². The van der Waals surface area contributed by atoms with Gasteiger partial charge in [0.1, 0.15) is 11.6 Å². The van der Waals surface area contributed by atoms with Gasteiger partial charge in [0.05, 0.1) is 43.7 Å². The highest BCUT2D eigenvalue weighted by Gasteiger charge is 2.19. The molecule has 10 heteroatoms. The summed E-state index contributed by atoms with van der Waals surface area (Å²) in [6.07, 6.45) is 0. The third kappa shape index (κ3) is 5.97. The van der Waals surface area contributed by atoms with Gasteiger partial charge in [0.25, 0.3) is 5.91 Å². The van der Waals surface area contributed by atoms with Crippen LogP contribution in [0.25, 0.3) is 22.4 Å². The molecule has 0 aliphatic heterocycles. The predicted octanol–water partition coefficient (Wildman–Crippen LogP) is 5.56. The average molecular weight is 535 g/mol. The predicted molar refractivity (Wildman–Crippen MR) is 152 cm³/mol. The highest BCUT2D eigenvalue weighted by molar-refractivity contribution is 7.80. The van der Waals surface area contributed by atoms with E-state index in [9.17, 15) is 4.79 Å². The van der Waals surface area contributed by atoms with E-state index < -0.39 is 5.91 Å². The van der Waals surface area contributed by atoms with E-state index in [1.807, 2.05) is 63.2 Å². The largest absolute Gasteiger partial charge is 0.495 e. The van der Waals surface area contributed by atoms with Gasteiger partial charge in [-0.2, -0.15) is 0 Å². The van der Waals surface area contributed by atoms with Gasteiger partial charge in [-0.15, -0.1) is 0 Å². The minimum absolute atomic E-state index is 0.0971. The summed E-state index contributed by atoms with van der Waals surface area (Å²) in [5, 5.41) is 5.88. The second-order valence-corrected chi connectivity index (χ2v) is 8.43. The highest BCUT2D eigenvalue weighted by atomic mass is 32.1. The number of aromatic amines is 1. The Balaban J connectivity index is 1.56. The number of para-hydroxylation sites is 2. The number of anilines is 1. The van der Waals surface area contributed by atoms with Crippen LogP contribution >= 0.6 is 12.2 Å². The maximum atomic E-state index is 13.1. The van der Waals surface area contributed by atoms with Gasteiger partial charge in [0.2, 0.25) is 5.75 Å². The van der Waals surface area contributed by atoms with Gasteiger partial charge in [0.15, 0.2) is 16.6 Å². The Morgan fingerprint density at radius 3 is 2.24 bits per heavy atom. The molecule has 4 aromatic rings. The molecule has 0 radical (unpaired) electrons. The number of carbonyl (C=O) groups excluding carboxylic acids is 1. The highest BCUT2D eigenvalue weighted by Crippen LogP contribution is 2.39. The summed E-state index contributed by atoms with van der Waals surface area (Å²) in [5.74, 6) is 2.13. The number of imidazole rings is 1. The number of benzene rings is 3. The molecule has 3 N–H and O–H groups in total. The maximum absolute atomic E-state index is 13.1. The Bertz CT molecular complexity index is 1390. The molecule has 0 bridgehead atoms. The van der Waals surface area contributed by atoms with E-state index >= 15 is 0 Å². The number of hydrogen-bond donors (Lipinski definition) is 3. The van der Waals surface area contributed by atoms with Gasteiger partial charge in [-0.05, 0) is 75.5 Å². The lowest BCUT2D eigenvalue weighted by Gasteiger charge is -2.17. The van der Waals surface area contributed by atoms with Crippen molar-refractivity contribution in [1.82, 2.24) is 15.3 Å².